The van der Waals surface area contributed by atoms with E-state index in [1.807, 2.05) is 6.07 Å². The average Bonchev–Trinajstić information content (AvgIpc) is 2.37. The molecule has 6 nitrogen and oxygen atoms in total. The molecule has 0 bridgehead atoms. The summed E-state index contributed by atoms with van der Waals surface area (Å²) in [5.74, 6) is -1.15. The number of hydrogen-bond acceptors (Lipinski definition) is 4. The summed E-state index contributed by atoms with van der Waals surface area (Å²) in [6, 6.07) is 4.72. The van der Waals surface area contributed by atoms with Gasteiger partial charge in [-0.25, -0.2) is 17.9 Å². The number of aryl methyl sites for hydroxylation is 2. The third-order valence-corrected chi connectivity index (χ3v) is 4.65. The fraction of sp³-hybridized carbons (Fsp3) is 0.429. The predicted octanol–water partition coefficient (Wildman–Crippen LogP) is 1.97. The van der Waals surface area contributed by atoms with E-state index in [2.05, 4.69) is 4.72 Å². The summed E-state index contributed by atoms with van der Waals surface area (Å²) in [5, 5.41) is 17.5. The van der Waals surface area contributed by atoms with Gasteiger partial charge < -0.3 is 5.11 Å². The van der Waals surface area contributed by atoms with Crippen LogP contribution in [0.3, 0.4) is 0 Å². The molecule has 0 fully saturated rings. The van der Waals surface area contributed by atoms with Crippen LogP contribution in [0.1, 0.15) is 40.7 Å². The van der Waals surface area contributed by atoms with Crippen LogP contribution < -0.4 is 4.72 Å². The predicted molar refractivity (Wildman–Crippen MR) is 77.5 cm³/mol. The minimum atomic E-state index is -3.75. The van der Waals surface area contributed by atoms with E-state index in [4.69, 9.17) is 10.4 Å². The number of sulfonamides is 1. The van der Waals surface area contributed by atoms with Crippen LogP contribution >= 0.6 is 0 Å². The van der Waals surface area contributed by atoms with Crippen LogP contribution in [0, 0.1) is 25.2 Å². The number of carbonyl (C=O) groups is 1. The summed E-state index contributed by atoms with van der Waals surface area (Å²) in [6.45, 7) is 3.48. The number of nitrogens with one attached hydrogen (secondary N) is 1. The van der Waals surface area contributed by atoms with E-state index < -0.39 is 16.0 Å². The molecule has 21 heavy (non-hydrogen) atoms. The molecule has 0 radical (unpaired) electrons. The largest absolute Gasteiger partial charge is 0.478 e. The Morgan fingerprint density at radius 3 is 2.52 bits per heavy atom. The van der Waals surface area contributed by atoms with Crippen LogP contribution in [0.2, 0.25) is 0 Å². The topological polar surface area (TPSA) is 107 Å². The van der Waals surface area contributed by atoms with Crippen LogP contribution in [0.4, 0.5) is 0 Å². The SMILES string of the molecule is Cc1cc(C)c(S(=O)(=O)NCCCCC#N)cc1C(=O)O. The maximum Gasteiger partial charge on any atom is 0.335 e. The standard InChI is InChI=1S/C14H18N2O4S/c1-10-8-11(2)13(9-12(10)14(17)18)21(19,20)16-7-5-3-4-6-15/h8-9,16H,3-5,7H2,1-2H3,(H,17,18). The Morgan fingerprint density at radius 2 is 1.95 bits per heavy atom. The zero-order valence-corrected chi connectivity index (χ0v) is 12.8. The van der Waals surface area contributed by atoms with Crippen molar-refractivity contribution in [2.24, 2.45) is 0 Å². The normalized spacial score (nSPS) is 11.1. The van der Waals surface area contributed by atoms with Crippen LogP contribution in [0.15, 0.2) is 17.0 Å². The van der Waals surface area contributed by atoms with Crippen LogP contribution in [0.5, 0.6) is 0 Å². The number of rotatable bonds is 7. The molecule has 0 atom stereocenters. The number of unbranched alkanes of at least 4 members (excludes halogenated alkanes) is 2. The molecule has 2 N–H and O–H groups in total. The molecular formula is C14H18N2O4S. The van der Waals surface area contributed by atoms with Crippen molar-refractivity contribution in [3.8, 4) is 6.07 Å². The van der Waals surface area contributed by atoms with Crippen LogP contribution in [0.25, 0.3) is 0 Å². The van der Waals surface area contributed by atoms with Crippen molar-refractivity contribution in [2.75, 3.05) is 6.54 Å². The molecule has 0 saturated heterocycles. The quantitative estimate of drug-likeness (QED) is 0.749. The van der Waals surface area contributed by atoms with Gasteiger partial charge in [0.15, 0.2) is 0 Å². The third kappa shape index (κ3) is 4.55. The second-order valence-corrected chi connectivity index (χ2v) is 6.49. The molecule has 0 aliphatic carbocycles. The van der Waals surface area contributed by atoms with E-state index in [0.29, 0.717) is 30.4 Å². The van der Waals surface area contributed by atoms with Crippen molar-refractivity contribution < 1.29 is 18.3 Å². The number of carboxylic acid groups (broad SMARTS) is 1. The lowest BCUT2D eigenvalue weighted by atomic mass is 10.1. The molecule has 0 heterocycles. The zero-order valence-electron chi connectivity index (χ0n) is 12.0. The van der Waals surface area contributed by atoms with Crippen molar-refractivity contribution >= 4 is 16.0 Å². The maximum atomic E-state index is 12.2. The van der Waals surface area contributed by atoms with Gasteiger partial charge in [0, 0.05) is 13.0 Å². The molecule has 1 aromatic carbocycles. The molecule has 0 amide bonds. The highest BCUT2D eigenvalue weighted by Gasteiger charge is 2.20. The second-order valence-electron chi connectivity index (χ2n) is 4.75. The summed E-state index contributed by atoms with van der Waals surface area (Å²) < 4.78 is 26.8. The molecule has 0 spiro atoms. The number of hydrogen-bond donors (Lipinski definition) is 2. The Balaban J connectivity index is 2.95. The minimum absolute atomic E-state index is 0.0224. The van der Waals surface area contributed by atoms with Gasteiger partial charge in [-0.3, -0.25) is 0 Å². The van der Waals surface area contributed by atoms with Gasteiger partial charge in [0.25, 0.3) is 0 Å². The van der Waals surface area contributed by atoms with Gasteiger partial charge in [-0.1, -0.05) is 6.07 Å². The van der Waals surface area contributed by atoms with Gasteiger partial charge >= 0.3 is 5.97 Å². The Bertz CT molecular complexity index is 675. The number of aromatic carboxylic acids is 1. The first-order chi connectivity index (χ1) is 9.79. The number of nitrogens with zero attached hydrogens (tertiary/aromatic N) is 1. The lowest BCUT2D eigenvalue weighted by molar-refractivity contribution is 0.0696. The molecule has 0 aliphatic rings. The summed E-state index contributed by atoms with van der Waals surface area (Å²) in [5.41, 5.74) is 1.00. The minimum Gasteiger partial charge on any atom is -0.478 e. The summed E-state index contributed by atoms with van der Waals surface area (Å²) in [6.07, 6.45) is 1.56. The van der Waals surface area contributed by atoms with Gasteiger partial charge in [-0.2, -0.15) is 5.26 Å². The maximum absolute atomic E-state index is 12.2. The fourth-order valence-corrected chi connectivity index (χ4v) is 3.29. The first-order valence-corrected chi connectivity index (χ1v) is 7.99. The zero-order chi connectivity index (χ0) is 16.0. The Labute approximate surface area is 124 Å². The summed E-state index contributed by atoms with van der Waals surface area (Å²) >= 11 is 0. The highest BCUT2D eigenvalue weighted by Crippen LogP contribution is 2.20. The molecule has 1 rings (SSSR count). The molecule has 1 aromatic rings. The first-order valence-electron chi connectivity index (χ1n) is 6.50. The van der Waals surface area contributed by atoms with Crippen molar-refractivity contribution in [3.63, 3.8) is 0 Å². The van der Waals surface area contributed by atoms with Crippen LogP contribution in [-0.2, 0) is 10.0 Å². The third-order valence-electron chi connectivity index (χ3n) is 3.05. The second kappa shape index (κ2) is 7.20. The Morgan fingerprint density at radius 1 is 1.29 bits per heavy atom. The van der Waals surface area contributed by atoms with Crippen molar-refractivity contribution in [2.45, 2.75) is 38.0 Å². The monoisotopic (exact) mass is 310 g/mol. The van der Waals surface area contributed by atoms with Gasteiger partial charge in [0.05, 0.1) is 16.5 Å². The van der Waals surface area contributed by atoms with E-state index in [-0.39, 0.29) is 17.0 Å². The molecule has 0 aliphatic heterocycles. The van der Waals surface area contributed by atoms with E-state index in [1.165, 1.54) is 6.07 Å². The smallest absolute Gasteiger partial charge is 0.335 e. The highest BCUT2D eigenvalue weighted by molar-refractivity contribution is 7.89. The van der Waals surface area contributed by atoms with E-state index >= 15 is 0 Å². The summed E-state index contributed by atoms with van der Waals surface area (Å²) in [4.78, 5) is 11.1. The van der Waals surface area contributed by atoms with Gasteiger partial charge in [0.1, 0.15) is 0 Å². The number of benzene rings is 1. The summed E-state index contributed by atoms with van der Waals surface area (Å²) in [7, 11) is -3.75. The molecular weight excluding hydrogens is 292 g/mol. The van der Waals surface area contributed by atoms with Crippen molar-refractivity contribution in [1.82, 2.24) is 4.72 Å². The lowest BCUT2D eigenvalue weighted by Crippen LogP contribution is -2.26. The van der Waals surface area contributed by atoms with E-state index in [9.17, 15) is 13.2 Å². The Hall–Kier alpha value is -1.91. The van der Waals surface area contributed by atoms with E-state index in [0.717, 1.165) is 0 Å². The van der Waals surface area contributed by atoms with Gasteiger partial charge in [0.2, 0.25) is 10.0 Å². The van der Waals surface area contributed by atoms with Gasteiger partial charge in [-0.15, -0.1) is 0 Å². The average molecular weight is 310 g/mol. The number of nitriles is 1. The highest BCUT2D eigenvalue weighted by atomic mass is 32.2. The van der Waals surface area contributed by atoms with E-state index in [1.54, 1.807) is 19.9 Å². The fourth-order valence-electron chi connectivity index (χ4n) is 1.97. The first kappa shape index (κ1) is 17.1. The Kier molecular flexibility index (Phi) is 5.88. The molecule has 0 unspecified atom stereocenters. The van der Waals surface area contributed by atoms with Crippen LogP contribution in [-0.4, -0.2) is 26.0 Å². The molecule has 114 valence electrons. The van der Waals surface area contributed by atoms with Crippen molar-refractivity contribution in [3.05, 3.63) is 28.8 Å². The van der Waals surface area contributed by atoms with Crippen molar-refractivity contribution in [1.29, 1.82) is 5.26 Å². The molecule has 0 saturated carbocycles. The molecule has 7 heteroatoms. The number of carboxylic acids is 1. The molecule has 0 aromatic heterocycles. The lowest BCUT2D eigenvalue weighted by Gasteiger charge is -2.11. The van der Waals surface area contributed by atoms with Gasteiger partial charge in [-0.05, 0) is 43.9 Å².